The number of nitrogens with one attached hydrogen (secondary N) is 3. The van der Waals surface area contributed by atoms with Gasteiger partial charge in [0.1, 0.15) is 11.5 Å². The summed E-state index contributed by atoms with van der Waals surface area (Å²) in [6.07, 6.45) is -1.65. The predicted octanol–water partition coefficient (Wildman–Crippen LogP) is 1.91. The SMILES string of the molecule is N/C=C(/C(=O)NCc1nc2ccc(CNC(=O)CCC(F)(F)F)cc2[nH]1)N(N)CCC1CC1. The first kappa shape index (κ1) is 24.4. The topological polar surface area (TPSA) is 142 Å². The monoisotopic (exact) mass is 467 g/mol. The Morgan fingerprint density at radius 2 is 2.00 bits per heavy atom. The molecule has 1 aromatic carbocycles. The first-order valence-electron chi connectivity index (χ1n) is 10.7. The standard InChI is InChI=1S/C21H28F3N7O2/c22-21(23,24)7-5-19(32)27-11-14-3-4-15-16(9-14)30-18(29-15)12-28-20(33)17(10-25)31(26)8-6-13-1-2-13/h3-4,9-10,13H,1-2,5-8,11-12,25-26H2,(H,27,32)(H,28,33)(H,29,30)/b17-10-. The number of benzene rings is 1. The number of rotatable bonds is 11. The highest BCUT2D eigenvalue weighted by Crippen LogP contribution is 2.32. The molecule has 0 bridgehead atoms. The van der Waals surface area contributed by atoms with E-state index in [4.69, 9.17) is 11.6 Å². The first-order chi connectivity index (χ1) is 15.6. The number of nitrogens with two attached hydrogens (primary N) is 2. The molecule has 3 rings (SSSR count). The fourth-order valence-corrected chi connectivity index (χ4v) is 3.25. The Morgan fingerprint density at radius 1 is 1.24 bits per heavy atom. The van der Waals surface area contributed by atoms with E-state index in [2.05, 4.69) is 20.6 Å². The number of carbonyl (C=O) groups excluding carboxylic acids is 2. The number of hydrazine groups is 1. The highest BCUT2D eigenvalue weighted by atomic mass is 19.4. The summed E-state index contributed by atoms with van der Waals surface area (Å²) in [5.74, 6) is 6.04. The lowest BCUT2D eigenvalue weighted by Gasteiger charge is -2.20. The first-order valence-corrected chi connectivity index (χ1v) is 10.7. The van der Waals surface area contributed by atoms with Gasteiger partial charge in [-0.05, 0) is 30.0 Å². The van der Waals surface area contributed by atoms with Gasteiger partial charge in [-0.1, -0.05) is 18.9 Å². The van der Waals surface area contributed by atoms with Crippen LogP contribution in [0.2, 0.25) is 0 Å². The summed E-state index contributed by atoms with van der Waals surface area (Å²) in [6.45, 7) is 0.752. The van der Waals surface area contributed by atoms with Crippen LogP contribution in [-0.2, 0) is 22.7 Å². The number of amides is 2. The molecule has 0 spiro atoms. The number of hydrogen-bond acceptors (Lipinski definition) is 6. The van der Waals surface area contributed by atoms with Gasteiger partial charge in [0, 0.05) is 25.7 Å². The van der Waals surface area contributed by atoms with Gasteiger partial charge in [-0.2, -0.15) is 13.2 Å². The van der Waals surface area contributed by atoms with E-state index in [0.29, 0.717) is 34.9 Å². The number of nitrogens with zero attached hydrogens (tertiary/aromatic N) is 2. The minimum absolute atomic E-state index is 0.0928. The van der Waals surface area contributed by atoms with Crippen molar-refractivity contribution >= 4 is 22.8 Å². The molecule has 1 saturated carbocycles. The molecular weight excluding hydrogens is 439 g/mol. The van der Waals surface area contributed by atoms with E-state index in [1.165, 1.54) is 24.1 Å². The lowest BCUT2D eigenvalue weighted by Crippen LogP contribution is -2.40. The third-order valence-corrected chi connectivity index (χ3v) is 5.31. The summed E-state index contributed by atoms with van der Waals surface area (Å²) in [5, 5.41) is 6.54. The largest absolute Gasteiger partial charge is 0.403 e. The minimum Gasteiger partial charge on any atom is -0.403 e. The molecule has 2 amide bonds. The van der Waals surface area contributed by atoms with Crippen molar-refractivity contribution in [3.63, 3.8) is 0 Å². The van der Waals surface area contributed by atoms with E-state index < -0.39 is 30.8 Å². The summed E-state index contributed by atoms with van der Waals surface area (Å²) in [5.41, 5.74) is 7.77. The minimum atomic E-state index is -4.36. The molecule has 7 N–H and O–H groups in total. The Balaban J connectivity index is 1.51. The van der Waals surface area contributed by atoms with E-state index in [1.807, 2.05) is 0 Å². The fraction of sp³-hybridized carbons (Fsp3) is 0.476. The van der Waals surface area contributed by atoms with Gasteiger partial charge in [0.15, 0.2) is 0 Å². The van der Waals surface area contributed by atoms with Crippen LogP contribution in [0.25, 0.3) is 11.0 Å². The van der Waals surface area contributed by atoms with E-state index in [1.54, 1.807) is 18.2 Å². The van der Waals surface area contributed by atoms with Crippen LogP contribution in [0.1, 0.15) is 43.5 Å². The van der Waals surface area contributed by atoms with Crippen LogP contribution >= 0.6 is 0 Å². The van der Waals surface area contributed by atoms with Crippen molar-refractivity contribution < 1.29 is 22.8 Å². The van der Waals surface area contributed by atoms with Gasteiger partial charge in [-0.3, -0.25) is 9.59 Å². The van der Waals surface area contributed by atoms with Gasteiger partial charge in [-0.15, -0.1) is 0 Å². The number of hydrogen-bond donors (Lipinski definition) is 5. The molecule has 1 heterocycles. The quantitative estimate of drug-likeness (QED) is 0.194. The molecule has 0 radical (unpaired) electrons. The van der Waals surface area contributed by atoms with E-state index >= 15 is 0 Å². The molecule has 0 unspecified atom stereocenters. The van der Waals surface area contributed by atoms with Crippen LogP contribution in [0.15, 0.2) is 30.1 Å². The average molecular weight is 467 g/mol. The van der Waals surface area contributed by atoms with E-state index in [-0.39, 0.29) is 18.8 Å². The van der Waals surface area contributed by atoms with E-state index in [0.717, 1.165) is 6.42 Å². The molecule has 1 aliphatic carbocycles. The number of aromatic amines is 1. The highest BCUT2D eigenvalue weighted by molar-refractivity contribution is 5.92. The van der Waals surface area contributed by atoms with Crippen molar-refractivity contribution in [2.45, 2.75) is 51.4 Å². The van der Waals surface area contributed by atoms with Crippen LogP contribution in [0.3, 0.4) is 0 Å². The van der Waals surface area contributed by atoms with Crippen molar-refractivity contribution in [2.75, 3.05) is 6.54 Å². The number of carbonyl (C=O) groups is 2. The van der Waals surface area contributed by atoms with Gasteiger partial charge in [0.25, 0.3) is 5.91 Å². The maximum absolute atomic E-state index is 12.4. The zero-order valence-electron chi connectivity index (χ0n) is 18.0. The van der Waals surface area contributed by atoms with Crippen molar-refractivity contribution in [3.05, 3.63) is 41.5 Å². The number of H-pyrrole nitrogens is 1. The Kier molecular flexibility index (Phi) is 7.79. The third kappa shape index (κ3) is 7.67. The number of halogens is 3. The lowest BCUT2D eigenvalue weighted by atomic mass is 10.2. The molecular formula is C21H28F3N7O2. The number of alkyl halides is 3. The molecule has 0 aliphatic heterocycles. The van der Waals surface area contributed by atoms with Gasteiger partial charge in [0.2, 0.25) is 5.91 Å². The van der Waals surface area contributed by atoms with Crippen LogP contribution in [-0.4, -0.2) is 39.5 Å². The van der Waals surface area contributed by atoms with Crippen molar-refractivity contribution in [1.82, 2.24) is 25.6 Å². The van der Waals surface area contributed by atoms with Gasteiger partial charge in [0.05, 0.1) is 24.0 Å². The molecule has 33 heavy (non-hydrogen) atoms. The van der Waals surface area contributed by atoms with Gasteiger partial charge < -0.3 is 26.4 Å². The van der Waals surface area contributed by atoms with Crippen LogP contribution in [0, 0.1) is 5.92 Å². The summed E-state index contributed by atoms with van der Waals surface area (Å²) in [4.78, 5) is 31.5. The Hall–Kier alpha value is -3.28. The molecule has 2 aromatic rings. The van der Waals surface area contributed by atoms with Crippen LogP contribution in [0.4, 0.5) is 13.2 Å². The number of aromatic nitrogens is 2. The Bertz CT molecular complexity index is 1010. The molecule has 0 saturated heterocycles. The Labute approximate surface area is 188 Å². The smallest absolute Gasteiger partial charge is 0.389 e. The summed E-state index contributed by atoms with van der Waals surface area (Å²) in [6, 6.07) is 5.18. The second-order valence-corrected chi connectivity index (χ2v) is 8.09. The zero-order chi connectivity index (χ0) is 24.0. The number of imidazole rings is 1. The third-order valence-electron chi connectivity index (χ3n) is 5.31. The summed E-state index contributed by atoms with van der Waals surface area (Å²) in [7, 11) is 0. The Morgan fingerprint density at radius 3 is 2.67 bits per heavy atom. The lowest BCUT2D eigenvalue weighted by molar-refractivity contribution is -0.144. The van der Waals surface area contributed by atoms with Crippen LogP contribution < -0.4 is 22.2 Å². The van der Waals surface area contributed by atoms with Crippen molar-refractivity contribution in [3.8, 4) is 0 Å². The summed E-state index contributed by atoms with van der Waals surface area (Å²) >= 11 is 0. The van der Waals surface area contributed by atoms with Crippen LogP contribution in [0.5, 0.6) is 0 Å². The normalized spacial score (nSPS) is 14.4. The second-order valence-electron chi connectivity index (χ2n) is 8.09. The second kappa shape index (κ2) is 10.6. The zero-order valence-corrected chi connectivity index (χ0v) is 18.0. The predicted molar refractivity (Wildman–Crippen MR) is 116 cm³/mol. The number of fused-ring (bicyclic) bond motifs is 1. The molecule has 180 valence electrons. The van der Waals surface area contributed by atoms with Gasteiger partial charge >= 0.3 is 6.18 Å². The van der Waals surface area contributed by atoms with Crippen molar-refractivity contribution in [1.29, 1.82) is 0 Å². The molecule has 0 atom stereocenters. The fourth-order valence-electron chi connectivity index (χ4n) is 3.25. The molecule has 12 heteroatoms. The molecule has 1 aliphatic rings. The maximum Gasteiger partial charge on any atom is 0.389 e. The summed E-state index contributed by atoms with van der Waals surface area (Å²) < 4.78 is 36.6. The highest BCUT2D eigenvalue weighted by Gasteiger charge is 2.27. The van der Waals surface area contributed by atoms with E-state index in [9.17, 15) is 22.8 Å². The van der Waals surface area contributed by atoms with Gasteiger partial charge in [-0.25, -0.2) is 10.8 Å². The molecule has 1 fully saturated rings. The average Bonchev–Trinajstić information content (AvgIpc) is 3.50. The molecule has 9 nitrogen and oxygen atoms in total. The molecule has 1 aromatic heterocycles. The van der Waals surface area contributed by atoms with Crippen molar-refractivity contribution in [2.24, 2.45) is 17.5 Å². The maximum atomic E-state index is 12.4.